The van der Waals surface area contributed by atoms with Crippen molar-refractivity contribution in [2.24, 2.45) is 0 Å². The van der Waals surface area contributed by atoms with Gasteiger partial charge in [0.2, 0.25) is 11.8 Å². The Kier molecular flexibility index (Phi) is 9.26. The van der Waals surface area contributed by atoms with Crippen LogP contribution in [0.3, 0.4) is 0 Å². The third-order valence-electron chi connectivity index (χ3n) is 4.55. The number of amides is 3. The van der Waals surface area contributed by atoms with E-state index in [0.717, 1.165) is 5.56 Å². The molecular weight excluding hydrogens is 410 g/mol. The second-order valence-corrected chi connectivity index (χ2v) is 10.2. The van der Waals surface area contributed by atoms with Gasteiger partial charge >= 0.3 is 6.09 Å². The highest BCUT2D eigenvalue weighted by Crippen LogP contribution is 2.31. The van der Waals surface area contributed by atoms with Crippen LogP contribution in [0.1, 0.15) is 72.6 Å². The van der Waals surface area contributed by atoms with Gasteiger partial charge in [-0.15, -0.1) is 0 Å². The first-order valence-electron chi connectivity index (χ1n) is 10.9. The van der Waals surface area contributed by atoms with E-state index in [1.54, 1.807) is 47.6 Å². The second kappa shape index (κ2) is 10.8. The lowest BCUT2D eigenvalue weighted by molar-refractivity contribution is -0.149. The van der Waals surface area contributed by atoms with Crippen molar-refractivity contribution in [2.75, 3.05) is 6.61 Å². The summed E-state index contributed by atoms with van der Waals surface area (Å²) in [5.74, 6) is -0.926. The highest BCUT2D eigenvalue weighted by atomic mass is 16.6. The summed E-state index contributed by atoms with van der Waals surface area (Å²) >= 11 is 0. The van der Waals surface area contributed by atoms with Crippen LogP contribution >= 0.6 is 0 Å². The zero-order chi connectivity index (χ0) is 24.9. The van der Waals surface area contributed by atoms with Crippen molar-refractivity contribution in [3.8, 4) is 0 Å². The van der Waals surface area contributed by atoms with E-state index in [-0.39, 0.29) is 11.9 Å². The van der Waals surface area contributed by atoms with Crippen LogP contribution in [0.2, 0.25) is 0 Å². The fourth-order valence-electron chi connectivity index (χ4n) is 3.30. The van der Waals surface area contributed by atoms with E-state index in [1.165, 1.54) is 4.90 Å². The molecule has 1 rings (SSSR count). The quantitative estimate of drug-likeness (QED) is 0.593. The molecule has 1 aromatic rings. The summed E-state index contributed by atoms with van der Waals surface area (Å²) in [4.78, 5) is 40.7. The summed E-state index contributed by atoms with van der Waals surface area (Å²) in [7, 11) is 0. The third kappa shape index (κ3) is 7.82. The predicted octanol–water partition coefficient (Wildman–Crippen LogP) is 3.07. The standard InChI is InChI=1S/C24H39N3O5/c1-15(2)25-20(29)19(17-13-11-10-12-16(17)3)27(23(4,5)6)21(30)18(14-28)26-22(31)32-24(7,8)9/h10-13,15,18-19,28H,14H2,1-9H3,(H,25,29)(H,26,31). The number of benzene rings is 1. The number of aryl methyl sites for hydroxylation is 1. The minimum absolute atomic E-state index is 0.139. The molecule has 0 fully saturated rings. The molecule has 0 heterocycles. The third-order valence-corrected chi connectivity index (χ3v) is 4.55. The average Bonchev–Trinajstić information content (AvgIpc) is 2.61. The van der Waals surface area contributed by atoms with Gasteiger partial charge in [-0.05, 0) is 73.4 Å². The molecule has 0 saturated heterocycles. The summed E-state index contributed by atoms with van der Waals surface area (Å²) in [5.41, 5.74) is -0.0546. The number of alkyl carbamates (subject to hydrolysis) is 1. The van der Waals surface area contributed by atoms with Gasteiger partial charge in [0, 0.05) is 11.6 Å². The minimum atomic E-state index is -1.28. The molecule has 1 aromatic carbocycles. The fourth-order valence-corrected chi connectivity index (χ4v) is 3.30. The number of aliphatic hydroxyl groups is 1. The van der Waals surface area contributed by atoms with E-state index in [0.29, 0.717) is 5.56 Å². The van der Waals surface area contributed by atoms with Gasteiger partial charge in [0.25, 0.3) is 0 Å². The highest BCUT2D eigenvalue weighted by Gasteiger charge is 2.42. The predicted molar refractivity (Wildman–Crippen MR) is 124 cm³/mol. The van der Waals surface area contributed by atoms with Crippen LogP contribution in [0, 0.1) is 6.92 Å². The Hall–Kier alpha value is -2.61. The van der Waals surface area contributed by atoms with Crippen molar-refractivity contribution in [2.45, 2.75) is 91.6 Å². The lowest BCUT2D eigenvalue weighted by Crippen LogP contribution is -2.59. The normalized spacial score (nSPS) is 13.8. The summed E-state index contributed by atoms with van der Waals surface area (Å²) in [6, 6.07) is 4.98. The molecule has 0 radical (unpaired) electrons. The first kappa shape index (κ1) is 27.4. The van der Waals surface area contributed by atoms with Crippen LogP contribution in [-0.2, 0) is 14.3 Å². The van der Waals surface area contributed by atoms with Crippen LogP contribution in [0.4, 0.5) is 4.79 Å². The molecule has 0 aliphatic carbocycles. The van der Waals surface area contributed by atoms with E-state index in [1.807, 2.05) is 39.0 Å². The van der Waals surface area contributed by atoms with Crippen molar-refractivity contribution >= 4 is 17.9 Å². The summed E-state index contributed by atoms with van der Waals surface area (Å²) in [5, 5.41) is 15.3. The van der Waals surface area contributed by atoms with Gasteiger partial charge in [0.05, 0.1) is 6.61 Å². The Morgan fingerprint density at radius 1 is 1.03 bits per heavy atom. The number of rotatable bonds is 7. The van der Waals surface area contributed by atoms with Gasteiger partial charge in [-0.1, -0.05) is 24.3 Å². The van der Waals surface area contributed by atoms with Crippen LogP contribution in [0.5, 0.6) is 0 Å². The highest BCUT2D eigenvalue weighted by molar-refractivity contribution is 5.93. The Labute approximate surface area is 191 Å². The zero-order valence-electron chi connectivity index (χ0n) is 20.8. The van der Waals surface area contributed by atoms with E-state index < -0.39 is 41.8 Å². The molecule has 0 aliphatic rings. The largest absolute Gasteiger partial charge is 0.444 e. The zero-order valence-corrected chi connectivity index (χ0v) is 20.8. The first-order valence-corrected chi connectivity index (χ1v) is 10.9. The molecule has 180 valence electrons. The van der Waals surface area contributed by atoms with E-state index >= 15 is 0 Å². The molecule has 3 N–H and O–H groups in total. The van der Waals surface area contributed by atoms with Crippen molar-refractivity contribution in [1.82, 2.24) is 15.5 Å². The molecule has 2 unspecified atom stereocenters. The van der Waals surface area contributed by atoms with E-state index in [9.17, 15) is 19.5 Å². The maximum absolute atomic E-state index is 13.7. The molecule has 3 amide bonds. The topological polar surface area (TPSA) is 108 Å². The molecular formula is C24H39N3O5. The van der Waals surface area contributed by atoms with Gasteiger partial charge in [0.1, 0.15) is 17.7 Å². The lowest BCUT2D eigenvalue weighted by Gasteiger charge is -2.43. The summed E-state index contributed by atoms with van der Waals surface area (Å²) < 4.78 is 5.24. The maximum atomic E-state index is 13.7. The number of carbonyl (C=O) groups is 3. The van der Waals surface area contributed by atoms with Crippen molar-refractivity contribution in [3.05, 3.63) is 35.4 Å². The number of carbonyl (C=O) groups excluding carboxylic acids is 3. The monoisotopic (exact) mass is 449 g/mol. The molecule has 8 heteroatoms. The summed E-state index contributed by atoms with van der Waals surface area (Å²) in [6.07, 6.45) is -0.821. The lowest BCUT2D eigenvalue weighted by atomic mass is 9.93. The average molecular weight is 450 g/mol. The fraction of sp³-hybridized carbons (Fsp3) is 0.625. The smallest absolute Gasteiger partial charge is 0.408 e. The Balaban J connectivity index is 3.47. The number of hydrogen-bond donors (Lipinski definition) is 3. The first-order chi connectivity index (χ1) is 14.6. The molecule has 0 spiro atoms. The van der Waals surface area contributed by atoms with Gasteiger partial charge in [-0.25, -0.2) is 4.79 Å². The van der Waals surface area contributed by atoms with E-state index in [4.69, 9.17) is 4.74 Å². The number of ether oxygens (including phenoxy) is 1. The van der Waals surface area contributed by atoms with Crippen LogP contribution in [0.15, 0.2) is 24.3 Å². The summed E-state index contributed by atoms with van der Waals surface area (Å²) in [6.45, 7) is 15.4. The number of aliphatic hydroxyl groups excluding tert-OH is 1. The Morgan fingerprint density at radius 3 is 2.03 bits per heavy atom. The number of hydrogen-bond acceptors (Lipinski definition) is 5. The van der Waals surface area contributed by atoms with E-state index in [2.05, 4.69) is 10.6 Å². The van der Waals surface area contributed by atoms with Crippen molar-refractivity contribution in [3.63, 3.8) is 0 Å². The molecule has 0 bridgehead atoms. The molecule has 8 nitrogen and oxygen atoms in total. The van der Waals surface area contributed by atoms with Gasteiger partial charge < -0.3 is 25.4 Å². The molecule has 2 atom stereocenters. The SMILES string of the molecule is Cc1ccccc1C(C(=O)NC(C)C)N(C(=O)C(CO)NC(=O)OC(C)(C)C)C(C)(C)C. The Bertz CT molecular complexity index is 809. The second-order valence-electron chi connectivity index (χ2n) is 10.2. The van der Waals surface area contributed by atoms with Gasteiger partial charge in [-0.2, -0.15) is 0 Å². The number of nitrogens with one attached hydrogen (secondary N) is 2. The van der Waals surface area contributed by atoms with Crippen molar-refractivity contribution in [1.29, 1.82) is 0 Å². The molecule has 0 saturated carbocycles. The number of nitrogens with zero attached hydrogens (tertiary/aromatic N) is 1. The van der Waals surface area contributed by atoms with Crippen molar-refractivity contribution < 1.29 is 24.2 Å². The minimum Gasteiger partial charge on any atom is -0.444 e. The van der Waals surface area contributed by atoms with Crippen LogP contribution in [0.25, 0.3) is 0 Å². The van der Waals surface area contributed by atoms with Gasteiger partial charge in [0.15, 0.2) is 0 Å². The Morgan fingerprint density at radius 2 is 1.59 bits per heavy atom. The molecule has 0 aliphatic heterocycles. The molecule has 32 heavy (non-hydrogen) atoms. The van der Waals surface area contributed by atoms with Crippen LogP contribution < -0.4 is 10.6 Å². The molecule has 0 aromatic heterocycles. The van der Waals surface area contributed by atoms with Crippen LogP contribution in [-0.4, -0.2) is 57.7 Å². The maximum Gasteiger partial charge on any atom is 0.408 e. The van der Waals surface area contributed by atoms with Gasteiger partial charge in [-0.3, -0.25) is 9.59 Å².